The average Bonchev–Trinajstić information content (AvgIpc) is 2.07. The van der Waals surface area contributed by atoms with Crippen molar-refractivity contribution in [3.8, 4) is 0 Å². The highest BCUT2D eigenvalue weighted by Gasteiger charge is 2.41. The van der Waals surface area contributed by atoms with Crippen LogP contribution < -0.4 is 11.5 Å². The van der Waals surface area contributed by atoms with E-state index in [1.165, 1.54) is 0 Å². The van der Waals surface area contributed by atoms with Crippen LogP contribution >= 0.6 is 0 Å². The summed E-state index contributed by atoms with van der Waals surface area (Å²) >= 11 is 0. The third kappa shape index (κ3) is 2.44. The first kappa shape index (κ1) is 12.9. The summed E-state index contributed by atoms with van der Waals surface area (Å²) in [7, 11) is 0. The quantitative estimate of drug-likeness (QED) is 0.626. The third-order valence-electron chi connectivity index (χ3n) is 3.68. The Hall–Kier alpha value is -0.0800. The van der Waals surface area contributed by atoms with Crippen LogP contribution in [-0.2, 0) is 0 Å². The normalized spacial score (nSPS) is 13.4. The highest BCUT2D eigenvalue weighted by Crippen LogP contribution is 2.39. The molecule has 0 aromatic carbocycles. The van der Waals surface area contributed by atoms with Crippen molar-refractivity contribution in [3.63, 3.8) is 0 Å². The summed E-state index contributed by atoms with van der Waals surface area (Å²) in [4.78, 5) is 0. The van der Waals surface area contributed by atoms with Gasteiger partial charge in [0.2, 0.25) is 0 Å². The van der Waals surface area contributed by atoms with Crippen molar-refractivity contribution in [2.45, 2.75) is 65.5 Å². The van der Waals surface area contributed by atoms with Gasteiger partial charge in [-0.15, -0.1) is 0 Å². The van der Waals surface area contributed by atoms with E-state index in [-0.39, 0.29) is 5.41 Å². The zero-order valence-corrected chi connectivity index (χ0v) is 9.69. The fourth-order valence-electron chi connectivity index (χ4n) is 2.42. The van der Waals surface area contributed by atoms with Gasteiger partial charge in [0.05, 0.1) is 5.66 Å². The molecule has 0 rings (SSSR count). The maximum Gasteiger partial charge on any atom is 0.0694 e. The van der Waals surface area contributed by atoms with Crippen molar-refractivity contribution in [2.24, 2.45) is 16.9 Å². The maximum absolute atomic E-state index is 6.22. The van der Waals surface area contributed by atoms with Gasteiger partial charge in [0.15, 0.2) is 0 Å². The minimum atomic E-state index is -0.486. The lowest BCUT2D eigenvalue weighted by Crippen LogP contribution is -2.61. The molecule has 4 N–H and O–H groups in total. The molecule has 0 unspecified atom stereocenters. The molecule has 0 fully saturated rings. The SMILES string of the molecule is CCCC(N)(N)C(CC)(CC)CC. The zero-order valence-electron chi connectivity index (χ0n) is 9.69. The molecule has 2 heteroatoms. The van der Waals surface area contributed by atoms with Gasteiger partial charge in [-0.05, 0) is 25.7 Å². The van der Waals surface area contributed by atoms with E-state index in [4.69, 9.17) is 11.5 Å². The minimum absolute atomic E-state index is 0.128. The summed E-state index contributed by atoms with van der Waals surface area (Å²) in [6.45, 7) is 8.71. The molecular weight excluding hydrogens is 160 g/mol. The van der Waals surface area contributed by atoms with Crippen LogP contribution in [-0.4, -0.2) is 5.66 Å². The smallest absolute Gasteiger partial charge is 0.0694 e. The van der Waals surface area contributed by atoms with E-state index >= 15 is 0 Å². The molecule has 0 aliphatic carbocycles. The van der Waals surface area contributed by atoms with E-state index in [1.807, 2.05) is 0 Å². The second-order valence-electron chi connectivity index (χ2n) is 4.13. The Kier molecular flexibility index (Phi) is 4.93. The van der Waals surface area contributed by atoms with E-state index < -0.39 is 5.66 Å². The van der Waals surface area contributed by atoms with Crippen molar-refractivity contribution in [1.82, 2.24) is 0 Å². The van der Waals surface area contributed by atoms with Crippen LogP contribution in [0, 0.1) is 5.41 Å². The van der Waals surface area contributed by atoms with Gasteiger partial charge >= 0.3 is 0 Å². The maximum atomic E-state index is 6.22. The molecule has 0 aromatic heterocycles. The van der Waals surface area contributed by atoms with Crippen LogP contribution in [0.2, 0.25) is 0 Å². The Morgan fingerprint density at radius 1 is 0.846 bits per heavy atom. The molecule has 0 aliphatic rings. The van der Waals surface area contributed by atoms with Crippen LogP contribution in [0.15, 0.2) is 0 Å². The van der Waals surface area contributed by atoms with Crippen molar-refractivity contribution < 1.29 is 0 Å². The Morgan fingerprint density at radius 3 is 1.46 bits per heavy atom. The van der Waals surface area contributed by atoms with E-state index in [2.05, 4.69) is 27.7 Å². The molecule has 0 bridgehead atoms. The topological polar surface area (TPSA) is 52.0 Å². The molecule has 0 aromatic rings. The average molecular weight is 186 g/mol. The van der Waals surface area contributed by atoms with Gasteiger partial charge in [-0.2, -0.15) is 0 Å². The summed E-state index contributed by atoms with van der Waals surface area (Å²) in [5.74, 6) is 0. The Morgan fingerprint density at radius 2 is 1.23 bits per heavy atom. The van der Waals surface area contributed by atoms with Gasteiger partial charge in [-0.1, -0.05) is 34.1 Å². The fraction of sp³-hybridized carbons (Fsp3) is 1.00. The molecule has 0 saturated heterocycles. The number of nitrogens with two attached hydrogens (primary N) is 2. The molecule has 0 heterocycles. The first-order valence-electron chi connectivity index (χ1n) is 5.57. The number of rotatable bonds is 6. The summed E-state index contributed by atoms with van der Waals surface area (Å²) < 4.78 is 0. The van der Waals surface area contributed by atoms with Crippen molar-refractivity contribution in [3.05, 3.63) is 0 Å². The van der Waals surface area contributed by atoms with E-state index in [0.29, 0.717) is 0 Å². The third-order valence-corrected chi connectivity index (χ3v) is 3.68. The molecule has 2 nitrogen and oxygen atoms in total. The number of hydrogen-bond donors (Lipinski definition) is 2. The van der Waals surface area contributed by atoms with E-state index in [0.717, 1.165) is 32.1 Å². The van der Waals surface area contributed by atoms with Crippen LogP contribution in [0.1, 0.15) is 59.8 Å². The van der Waals surface area contributed by atoms with Crippen LogP contribution in [0.3, 0.4) is 0 Å². The number of hydrogen-bond acceptors (Lipinski definition) is 2. The largest absolute Gasteiger partial charge is 0.313 e. The van der Waals surface area contributed by atoms with Gasteiger partial charge in [-0.3, -0.25) is 0 Å². The second kappa shape index (κ2) is 4.97. The Balaban J connectivity index is 4.68. The predicted molar refractivity (Wildman–Crippen MR) is 59.3 cm³/mol. The van der Waals surface area contributed by atoms with Crippen molar-refractivity contribution in [1.29, 1.82) is 0 Å². The molecule has 0 spiro atoms. The predicted octanol–water partition coefficient (Wildman–Crippen LogP) is 2.62. The van der Waals surface area contributed by atoms with Crippen LogP contribution in [0.5, 0.6) is 0 Å². The Bertz CT molecular complexity index is 129. The molecule has 80 valence electrons. The summed E-state index contributed by atoms with van der Waals surface area (Å²) in [6.07, 6.45) is 5.21. The standard InChI is InChI=1S/C11H26N2/c1-5-9-11(12,13)10(6-2,7-3)8-4/h5-9,12-13H2,1-4H3. The van der Waals surface area contributed by atoms with Crippen LogP contribution in [0.25, 0.3) is 0 Å². The molecule has 0 atom stereocenters. The lowest BCUT2D eigenvalue weighted by molar-refractivity contribution is 0.0936. The van der Waals surface area contributed by atoms with Gasteiger partial charge in [0, 0.05) is 5.41 Å². The second-order valence-corrected chi connectivity index (χ2v) is 4.13. The molecule has 13 heavy (non-hydrogen) atoms. The summed E-state index contributed by atoms with van der Waals surface area (Å²) in [5.41, 5.74) is 12.1. The highest BCUT2D eigenvalue weighted by atomic mass is 15.0. The van der Waals surface area contributed by atoms with Gasteiger partial charge in [0.25, 0.3) is 0 Å². The molecular formula is C11H26N2. The fourth-order valence-corrected chi connectivity index (χ4v) is 2.42. The minimum Gasteiger partial charge on any atom is -0.313 e. The van der Waals surface area contributed by atoms with Gasteiger partial charge in [0.1, 0.15) is 0 Å². The summed E-state index contributed by atoms with van der Waals surface area (Å²) in [6, 6.07) is 0. The molecule has 0 amide bonds. The first-order valence-corrected chi connectivity index (χ1v) is 5.57. The lowest BCUT2D eigenvalue weighted by atomic mass is 9.68. The van der Waals surface area contributed by atoms with Gasteiger partial charge < -0.3 is 11.5 Å². The van der Waals surface area contributed by atoms with Gasteiger partial charge in [-0.25, -0.2) is 0 Å². The zero-order chi connectivity index (χ0) is 10.5. The monoisotopic (exact) mass is 186 g/mol. The summed E-state index contributed by atoms with van der Waals surface area (Å²) in [5, 5.41) is 0. The van der Waals surface area contributed by atoms with Crippen molar-refractivity contribution in [2.75, 3.05) is 0 Å². The Labute approximate surface area is 83.1 Å². The highest BCUT2D eigenvalue weighted by molar-refractivity contribution is 4.95. The molecule has 0 saturated carbocycles. The first-order chi connectivity index (χ1) is 5.99. The van der Waals surface area contributed by atoms with E-state index in [9.17, 15) is 0 Å². The van der Waals surface area contributed by atoms with Crippen LogP contribution in [0.4, 0.5) is 0 Å². The lowest BCUT2D eigenvalue weighted by Gasteiger charge is -2.45. The molecule has 0 aliphatic heterocycles. The van der Waals surface area contributed by atoms with Crippen molar-refractivity contribution >= 4 is 0 Å². The molecule has 0 radical (unpaired) electrons. The van der Waals surface area contributed by atoms with E-state index in [1.54, 1.807) is 0 Å².